The van der Waals surface area contributed by atoms with Gasteiger partial charge in [0.25, 0.3) is 0 Å². The van der Waals surface area contributed by atoms with E-state index in [0.29, 0.717) is 12.0 Å². The van der Waals surface area contributed by atoms with Crippen molar-refractivity contribution in [3.8, 4) is 0 Å². The van der Waals surface area contributed by atoms with Gasteiger partial charge in [-0.2, -0.15) is 0 Å². The maximum absolute atomic E-state index is 12.1. The van der Waals surface area contributed by atoms with Gasteiger partial charge >= 0.3 is 5.97 Å². The van der Waals surface area contributed by atoms with Crippen LogP contribution in [0.25, 0.3) is 0 Å². The van der Waals surface area contributed by atoms with Gasteiger partial charge in [0.1, 0.15) is 0 Å². The van der Waals surface area contributed by atoms with Crippen molar-refractivity contribution in [2.75, 3.05) is 5.75 Å². The minimum absolute atomic E-state index is 0.0982. The number of hydrogen-bond donors (Lipinski definition) is 1. The molecule has 0 aliphatic heterocycles. The van der Waals surface area contributed by atoms with E-state index in [9.17, 15) is 13.2 Å². The number of carbonyl (C=O) groups is 1. The lowest BCUT2D eigenvalue weighted by atomic mass is 10.2. The Morgan fingerprint density at radius 1 is 1.32 bits per heavy atom. The molecule has 0 saturated carbocycles. The fourth-order valence-electron chi connectivity index (χ4n) is 1.38. The summed E-state index contributed by atoms with van der Waals surface area (Å²) in [5, 5.41) is 8.73. The lowest BCUT2D eigenvalue weighted by Crippen LogP contribution is -2.11. The molecule has 19 heavy (non-hydrogen) atoms. The van der Waals surface area contributed by atoms with Gasteiger partial charge < -0.3 is 5.11 Å². The number of carboxylic acid groups (broad SMARTS) is 1. The summed E-state index contributed by atoms with van der Waals surface area (Å²) in [7, 11) is -3.73. The molecule has 0 radical (unpaired) electrons. The van der Waals surface area contributed by atoms with E-state index < -0.39 is 15.8 Å². The summed E-state index contributed by atoms with van der Waals surface area (Å²) in [5.41, 5.74) is 0.217. The number of aromatic carboxylic acids is 1. The Kier molecular flexibility index (Phi) is 5.01. The smallest absolute Gasteiger partial charge is 0.337 e. The van der Waals surface area contributed by atoms with Crippen molar-refractivity contribution in [3.63, 3.8) is 0 Å². The van der Waals surface area contributed by atoms with Gasteiger partial charge in [0.15, 0.2) is 9.84 Å². The second-order valence-electron chi connectivity index (χ2n) is 3.93. The molecule has 0 amide bonds. The predicted molar refractivity (Wildman–Crippen MR) is 74.9 cm³/mol. The van der Waals surface area contributed by atoms with Crippen LogP contribution in [0, 0.1) is 0 Å². The predicted octanol–water partition coefficient (Wildman–Crippen LogP) is 3.43. The van der Waals surface area contributed by atoms with Gasteiger partial charge in [-0.15, -0.1) is 0 Å². The van der Waals surface area contributed by atoms with E-state index in [-0.39, 0.29) is 26.3 Å². The maximum Gasteiger partial charge on any atom is 0.337 e. The SMILES string of the molecule is C=C(CC)CS(=O)(=O)c1cc(C(=O)O)c(Cl)cc1Cl. The van der Waals surface area contributed by atoms with Gasteiger partial charge in [-0.1, -0.05) is 42.3 Å². The molecule has 1 aromatic rings. The highest BCUT2D eigenvalue weighted by atomic mass is 35.5. The molecule has 0 spiro atoms. The normalized spacial score (nSPS) is 11.3. The molecule has 104 valence electrons. The first-order chi connectivity index (χ1) is 8.69. The lowest BCUT2D eigenvalue weighted by molar-refractivity contribution is 0.0697. The van der Waals surface area contributed by atoms with Crippen LogP contribution in [0.2, 0.25) is 10.0 Å². The van der Waals surface area contributed by atoms with Gasteiger partial charge in [-0.05, 0) is 18.6 Å². The van der Waals surface area contributed by atoms with Crippen LogP contribution in [0.15, 0.2) is 29.2 Å². The second kappa shape index (κ2) is 5.94. The molecule has 1 rings (SSSR count). The van der Waals surface area contributed by atoms with Crippen LogP contribution in [0.4, 0.5) is 0 Å². The average Bonchev–Trinajstić information content (AvgIpc) is 2.27. The minimum atomic E-state index is -3.73. The Balaban J connectivity index is 3.38. The first kappa shape index (κ1) is 16.0. The van der Waals surface area contributed by atoms with Crippen LogP contribution in [-0.2, 0) is 9.84 Å². The maximum atomic E-state index is 12.1. The Morgan fingerprint density at radius 2 is 1.89 bits per heavy atom. The standard InChI is InChI=1S/C12H12Cl2O4S/c1-3-7(2)6-19(17,18)11-4-8(12(15)16)9(13)5-10(11)14/h4-5H,2-3,6H2,1H3,(H,15,16). The Labute approximate surface area is 121 Å². The van der Waals surface area contributed by atoms with E-state index in [1.807, 2.05) is 0 Å². The van der Waals surface area contributed by atoms with Crippen LogP contribution in [0.3, 0.4) is 0 Å². The third kappa shape index (κ3) is 3.72. The molecule has 0 saturated heterocycles. The largest absolute Gasteiger partial charge is 0.478 e. The first-order valence-electron chi connectivity index (χ1n) is 5.30. The zero-order valence-corrected chi connectivity index (χ0v) is 12.4. The highest BCUT2D eigenvalue weighted by Gasteiger charge is 2.22. The molecule has 0 heterocycles. The second-order valence-corrected chi connectivity index (χ2v) is 6.70. The van der Waals surface area contributed by atoms with E-state index in [1.165, 1.54) is 0 Å². The Hall–Kier alpha value is -1.04. The summed E-state index contributed by atoms with van der Waals surface area (Å²) < 4.78 is 24.3. The van der Waals surface area contributed by atoms with Crippen molar-refractivity contribution in [2.24, 2.45) is 0 Å². The fraction of sp³-hybridized carbons (Fsp3) is 0.250. The van der Waals surface area contributed by atoms with E-state index in [0.717, 1.165) is 12.1 Å². The van der Waals surface area contributed by atoms with E-state index in [1.54, 1.807) is 6.92 Å². The van der Waals surface area contributed by atoms with Gasteiger partial charge in [0, 0.05) is 0 Å². The number of benzene rings is 1. The van der Waals surface area contributed by atoms with Crippen molar-refractivity contribution >= 4 is 39.0 Å². The van der Waals surface area contributed by atoms with Crippen LogP contribution < -0.4 is 0 Å². The molecule has 0 aliphatic carbocycles. The molecule has 7 heteroatoms. The molecular formula is C12H12Cl2O4S. The van der Waals surface area contributed by atoms with Crippen LogP contribution >= 0.6 is 23.2 Å². The fourth-order valence-corrected chi connectivity index (χ4v) is 3.75. The average molecular weight is 323 g/mol. The highest BCUT2D eigenvalue weighted by molar-refractivity contribution is 7.91. The molecule has 0 aromatic heterocycles. The molecular weight excluding hydrogens is 311 g/mol. The molecule has 4 nitrogen and oxygen atoms in total. The summed E-state index contributed by atoms with van der Waals surface area (Å²) in [6.45, 7) is 5.41. The molecule has 0 unspecified atom stereocenters. The Morgan fingerprint density at radius 3 is 2.37 bits per heavy atom. The third-order valence-corrected chi connectivity index (χ3v) is 5.01. The molecule has 0 atom stereocenters. The third-order valence-electron chi connectivity index (χ3n) is 2.48. The number of sulfone groups is 1. The monoisotopic (exact) mass is 322 g/mol. The summed E-state index contributed by atoms with van der Waals surface area (Å²) in [4.78, 5) is 10.7. The van der Waals surface area contributed by atoms with Crippen molar-refractivity contribution in [1.29, 1.82) is 0 Å². The summed E-state index contributed by atoms with van der Waals surface area (Å²) >= 11 is 11.5. The molecule has 0 bridgehead atoms. The van der Waals surface area contributed by atoms with Crippen LogP contribution in [-0.4, -0.2) is 25.2 Å². The highest BCUT2D eigenvalue weighted by Crippen LogP contribution is 2.30. The van der Waals surface area contributed by atoms with Crippen LogP contribution in [0.5, 0.6) is 0 Å². The van der Waals surface area contributed by atoms with Crippen molar-refractivity contribution < 1.29 is 18.3 Å². The summed E-state index contributed by atoms with van der Waals surface area (Å²) in [6.07, 6.45) is 0.510. The van der Waals surface area contributed by atoms with Gasteiger partial charge in [0.2, 0.25) is 0 Å². The van der Waals surface area contributed by atoms with Gasteiger partial charge in [-0.25, -0.2) is 13.2 Å². The number of halogens is 2. The molecule has 0 fully saturated rings. The topological polar surface area (TPSA) is 71.4 Å². The van der Waals surface area contributed by atoms with Gasteiger partial charge in [0.05, 0.1) is 26.3 Å². The zero-order chi connectivity index (χ0) is 14.8. The molecule has 1 N–H and O–H groups in total. The molecule has 1 aromatic carbocycles. The Bertz CT molecular complexity index is 635. The number of rotatable bonds is 5. The van der Waals surface area contributed by atoms with Crippen molar-refractivity contribution in [3.05, 3.63) is 39.9 Å². The van der Waals surface area contributed by atoms with Crippen LogP contribution in [0.1, 0.15) is 23.7 Å². The van der Waals surface area contributed by atoms with E-state index >= 15 is 0 Å². The minimum Gasteiger partial charge on any atom is -0.478 e. The number of carboxylic acids is 1. The zero-order valence-electron chi connectivity index (χ0n) is 10.1. The quantitative estimate of drug-likeness (QED) is 0.843. The molecule has 0 aliphatic rings. The van der Waals surface area contributed by atoms with E-state index in [2.05, 4.69) is 6.58 Å². The van der Waals surface area contributed by atoms with Crippen molar-refractivity contribution in [2.45, 2.75) is 18.2 Å². The summed E-state index contributed by atoms with van der Waals surface area (Å²) in [6, 6.07) is 2.10. The van der Waals surface area contributed by atoms with Crippen molar-refractivity contribution in [1.82, 2.24) is 0 Å². The van der Waals surface area contributed by atoms with Gasteiger partial charge in [-0.3, -0.25) is 0 Å². The van der Waals surface area contributed by atoms with E-state index in [4.69, 9.17) is 28.3 Å². The first-order valence-corrected chi connectivity index (χ1v) is 7.71. The summed E-state index contributed by atoms with van der Waals surface area (Å²) in [5.74, 6) is -1.59. The number of hydrogen-bond acceptors (Lipinski definition) is 3. The lowest BCUT2D eigenvalue weighted by Gasteiger charge is -2.09.